The number of esters is 2. The molecule has 0 aromatic carbocycles. The fourth-order valence-electron chi connectivity index (χ4n) is 6.65. The standard InChI is InChI=1S/C45H86NO5.BrH/c1-7-9-11-13-15-17-19-21-23-25-27-29-31-33-35-37-43(48)50-42(4)45(46(5,6)40-39-41(3)47)51-44(49)38-36-34-32-30-28-26-24-22-20-18-16-14-12-10-8-2;/h21-24,41-42,45,47H,7-20,25-40H2,1-6H3;1H/q+1;/p-1/b23-21-,24-22-;. The van der Waals surface area contributed by atoms with Crippen LogP contribution in [0, 0.1) is 0 Å². The molecule has 1 N–H and O–H groups in total. The number of carbonyl (C=O) groups is 2. The molecule has 52 heavy (non-hydrogen) atoms. The predicted octanol–water partition coefficient (Wildman–Crippen LogP) is 9.71. The first-order valence-electron chi connectivity index (χ1n) is 21.8. The van der Waals surface area contributed by atoms with Crippen LogP contribution >= 0.6 is 0 Å². The van der Waals surface area contributed by atoms with E-state index in [2.05, 4.69) is 38.2 Å². The number of quaternary nitrogens is 1. The molecular weight excluding hydrogens is 714 g/mol. The number of aliphatic hydroxyl groups is 1. The summed E-state index contributed by atoms with van der Waals surface area (Å²) < 4.78 is 12.2. The van der Waals surface area contributed by atoms with Crippen molar-refractivity contribution in [2.45, 2.75) is 232 Å². The fraction of sp³-hybridized carbons (Fsp3) is 0.867. The van der Waals surface area contributed by atoms with Gasteiger partial charge in [0, 0.05) is 19.3 Å². The monoisotopic (exact) mass is 800 g/mol. The van der Waals surface area contributed by atoms with E-state index in [9.17, 15) is 14.7 Å². The zero-order valence-corrected chi connectivity index (χ0v) is 36.7. The number of likely N-dealkylation sites (N-methyl/N-ethyl adjacent to an activating group) is 1. The van der Waals surface area contributed by atoms with E-state index in [-0.39, 0.29) is 28.9 Å². The van der Waals surface area contributed by atoms with E-state index in [0.717, 1.165) is 51.4 Å². The van der Waals surface area contributed by atoms with E-state index in [1.807, 2.05) is 21.0 Å². The van der Waals surface area contributed by atoms with E-state index >= 15 is 0 Å². The maximum Gasteiger partial charge on any atom is 0.310 e. The van der Waals surface area contributed by atoms with Gasteiger partial charge in [-0.05, 0) is 78.1 Å². The van der Waals surface area contributed by atoms with Crippen LogP contribution in [0.25, 0.3) is 0 Å². The molecule has 0 rings (SSSR count). The molecule has 0 aliphatic rings. The van der Waals surface area contributed by atoms with Crippen LogP contribution in [-0.4, -0.2) is 60.6 Å². The second-order valence-corrected chi connectivity index (χ2v) is 15.9. The normalized spacial score (nSPS) is 13.7. The number of ether oxygens (including phenoxy) is 2. The van der Waals surface area contributed by atoms with Crippen LogP contribution < -0.4 is 17.0 Å². The molecule has 0 aromatic rings. The second-order valence-electron chi connectivity index (χ2n) is 15.9. The van der Waals surface area contributed by atoms with E-state index in [1.54, 1.807) is 6.92 Å². The summed E-state index contributed by atoms with van der Waals surface area (Å²) in [6.45, 7) is 8.74. The molecule has 0 radical (unpaired) electrons. The van der Waals surface area contributed by atoms with Crippen LogP contribution in [-0.2, 0) is 19.1 Å². The molecule has 0 heterocycles. The van der Waals surface area contributed by atoms with Crippen LogP contribution in [0.15, 0.2) is 24.3 Å². The van der Waals surface area contributed by atoms with Gasteiger partial charge in [-0.3, -0.25) is 14.1 Å². The Morgan fingerprint density at radius 2 is 0.865 bits per heavy atom. The Balaban J connectivity index is 0. The quantitative estimate of drug-likeness (QED) is 0.0223. The first-order chi connectivity index (χ1) is 24.6. The molecular formula is C45H86BrNO5. The SMILES string of the molecule is CCCCCCCC/C=C\CCCCCCCC(=O)OC(C)C(OC(=O)CCCCCCC/C=C\CCCCCCCC)[N+](C)(C)CCC(C)O.[Br-]. The molecule has 308 valence electrons. The zero-order chi connectivity index (χ0) is 37.8. The maximum atomic E-state index is 13.0. The topological polar surface area (TPSA) is 72.8 Å². The number of carbonyl (C=O) groups excluding carboxylic acids is 2. The predicted molar refractivity (Wildman–Crippen MR) is 218 cm³/mol. The van der Waals surface area contributed by atoms with Gasteiger partial charge in [0.25, 0.3) is 6.23 Å². The highest BCUT2D eigenvalue weighted by molar-refractivity contribution is 5.70. The Labute approximate surface area is 333 Å². The molecule has 3 atom stereocenters. The Morgan fingerprint density at radius 3 is 1.23 bits per heavy atom. The average Bonchev–Trinajstić information content (AvgIpc) is 3.09. The second kappa shape index (κ2) is 38.1. The van der Waals surface area contributed by atoms with Gasteiger partial charge in [-0.2, -0.15) is 0 Å². The highest BCUT2D eigenvalue weighted by Gasteiger charge is 2.39. The van der Waals surface area contributed by atoms with Gasteiger partial charge < -0.3 is 31.6 Å². The van der Waals surface area contributed by atoms with Gasteiger partial charge in [-0.1, -0.05) is 141 Å². The van der Waals surface area contributed by atoms with Gasteiger partial charge in [-0.25, -0.2) is 0 Å². The molecule has 0 amide bonds. The van der Waals surface area contributed by atoms with Gasteiger partial charge in [0.2, 0.25) is 0 Å². The summed E-state index contributed by atoms with van der Waals surface area (Å²) in [5.74, 6) is -0.463. The lowest BCUT2D eigenvalue weighted by Crippen LogP contribution is -3.00. The van der Waals surface area contributed by atoms with Crippen LogP contribution in [0.1, 0.15) is 214 Å². The minimum absolute atomic E-state index is 0. The van der Waals surface area contributed by atoms with Crippen LogP contribution in [0.4, 0.5) is 0 Å². The molecule has 7 heteroatoms. The Bertz CT molecular complexity index is 859. The third-order valence-electron chi connectivity index (χ3n) is 10.1. The van der Waals surface area contributed by atoms with E-state index in [0.29, 0.717) is 30.3 Å². The van der Waals surface area contributed by atoms with Crippen molar-refractivity contribution in [3.8, 4) is 0 Å². The third kappa shape index (κ3) is 34.6. The van der Waals surface area contributed by atoms with Gasteiger partial charge in [0.1, 0.15) is 0 Å². The van der Waals surface area contributed by atoms with E-state index in [1.165, 1.54) is 116 Å². The molecule has 0 saturated heterocycles. The average molecular weight is 801 g/mol. The van der Waals surface area contributed by atoms with Crippen molar-refractivity contribution in [2.75, 3.05) is 20.6 Å². The minimum atomic E-state index is -0.613. The number of unbranched alkanes of at least 4 members (excludes halogenated alkanes) is 22. The highest BCUT2D eigenvalue weighted by Crippen LogP contribution is 2.20. The van der Waals surface area contributed by atoms with Crippen molar-refractivity contribution < 1.29 is 45.6 Å². The molecule has 0 aromatic heterocycles. The van der Waals surface area contributed by atoms with Gasteiger partial charge in [0.15, 0.2) is 6.10 Å². The number of aliphatic hydroxyl groups excluding tert-OH is 1. The lowest BCUT2D eigenvalue weighted by atomic mass is 10.1. The number of halogens is 1. The Morgan fingerprint density at radius 1 is 0.538 bits per heavy atom. The number of allylic oxidation sites excluding steroid dienone is 4. The van der Waals surface area contributed by atoms with Crippen molar-refractivity contribution in [1.82, 2.24) is 0 Å². The van der Waals surface area contributed by atoms with Crippen molar-refractivity contribution in [3.05, 3.63) is 24.3 Å². The number of hydrogen-bond acceptors (Lipinski definition) is 5. The van der Waals surface area contributed by atoms with Crippen molar-refractivity contribution in [3.63, 3.8) is 0 Å². The lowest BCUT2D eigenvalue weighted by Gasteiger charge is -2.39. The van der Waals surface area contributed by atoms with Crippen molar-refractivity contribution >= 4 is 11.9 Å². The van der Waals surface area contributed by atoms with Crippen LogP contribution in [0.3, 0.4) is 0 Å². The number of nitrogens with zero attached hydrogens (tertiary/aromatic N) is 1. The molecule has 0 aliphatic carbocycles. The summed E-state index contributed by atoms with van der Waals surface area (Å²) in [7, 11) is 3.97. The lowest BCUT2D eigenvalue weighted by molar-refractivity contribution is -0.938. The number of rotatable bonds is 37. The Kier molecular flexibility index (Phi) is 38.8. The minimum Gasteiger partial charge on any atom is -1.00 e. The zero-order valence-electron chi connectivity index (χ0n) is 35.2. The fourth-order valence-corrected chi connectivity index (χ4v) is 6.65. The van der Waals surface area contributed by atoms with Crippen LogP contribution in [0.2, 0.25) is 0 Å². The third-order valence-corrected chi connectivity index (χ3v) is 10.1. The van der Waals surface area contributed by atoms with E-state index in [4.69, 9.17) is 9.47 Å². The molecule has 0 bridgehead atoms. The summed E-state index contributed by atoms with van der Waals surface area (Å²) in [5, 5.41) is 9.92. The summed E-state index contributed by atoms with van der Waals surface area (Å²) in [4.78, 5) is 25.7. The highest BCUT2D eigenvalue weighted by atomic mass is 79.9. The van der Waals surface area contributed by atoms with Gasteiger partial charge >= 0.3 is 11.9 Å². The van der Waals surface area contributed by atoms with Crippen LogP contribution in [0.5, 0.6) is 0 Å². The smallest absolute Gasteiger partial charge is 0.310 e. The summed E-state index contributed by atoms with van der Waals surface area (Å²) in [6, 6.07) is 0. The number of hydrogen-bond donors (Lipinski definition) is 1. The summed E-state index contributed by atoms with van der Waals surface area (Å²) in [5.41, 5.74) is 0. The van der Waals surface area contributed by atoms with Crippen molar-refractivity contribution in [1.29, 1.82) is 0 Å². The first kappa shape index (κ1) is 52.9. The molecule has 0 fully saturated rings. The molecule has 0 aliphatic heterocycles. The maximum absolute atomic E-state index is 13.0. The molecule has 6 nitrogen and oxygen atoms in total. The molecule has 0 spiro atoms. The summed E-state index contributed by atoms with van der Waals surface area (Å²) >= 11 is 0. The molecule has 3 unspecified atom stereocenters. The first-order valence-corrected chi connectivity index (χ1v) is 21.8. The largest absolute Gasteiger partial charge is 1.00 e. The van der Waals surface area contributed by atoms with Crippen molar-refractivity contribution in [2.24, 2.45) is 0 Å². The Hall–Kier alpha value is -1.18. The van der Waals surface area contributed by atoms with E-state index < -0.39 is 18.4 Å². The van der Waals surface area contributed by atoms with Gasteiger partial charge in [0.05, 0.1) is 26.7 Å². The summed E-state index contributed by atoms with van der Waals surface area (Å²) in [6.07, 6.45) is 40.7. The van der Waals surface area contributed by atoms with Gasteiger partial charge in [-0.15, -0.1) is 0 Å². The molecule has 0 saturated carbocycles.